The minimum Gasteiger partial charge on any atom is -0.494 e. The first-order valence-electron chi connectivity index (χ1n) is 9.14. The Hall–Kier alpha value is -3.16. The molecule has 0 saturated carbocycles. The van der Waals surface area contributed by atoms with E-state index in [-0.39, 0.29) is 17.5 Å². The summed E-state index contributed by atoms with van der Waals surface area (Å²) in [6, 6.07) is 10.6. The van der Waals surface area contributed by atoms with E-state index in [9.17, 15) is 14.9 Å². The van der Waals surface area contributed by atoms with Crippen LogP contribution in [-0.4, -0.2) is 34.6 Å². The van der Waals surface area contributed by atoms with Gasteiger partial charge in [0.05, 0.1) is 6.61 Å². The Morgan fingerprint density at radius 1 is 1.18 bits per heavy atom. The molecule has 0 radical (unpaired) electrons. The number of aryl methyl sites for hydroxylation is 1. The monoisotopic (exact) mass is 385 g/mol. The summed E-state index contributed by atoms with van der Waals surface area (Å²) in [6.45, 7) is 6.26. The van der Waals surface area contributed by atoms with Crippen molar-refractivity contribution in [2.75, 3.05) is 18.1 Å². The van der Waals surface area contributed by atoms with Crippen LogP contribution in [0.4, 0.5) is 11.6 Å². The van der Waals surface area contributed by atoms with Crippen molar-refractivity contribution in [3.8, 4) is 11.5 Å². The zero-order chi connectivity index (χ0) is 20.3. The van der Waals surface area contributed by atoms with Crippen LogP contribution in [0.5, 0.6) is 11.5 Å². The number of benzene rings is 1. The zero-order valence-electron chi connectivity index (χ0n) is 16.2. The molecule has 0 fully saturated rings. The smallest absolute Gasteiger partial charge is 0.366 e. The van der Waals surface area contributed by atoms with E-state index in [1.54, 1.807) is 13.8 Å². The molecule has 8 nitrogen and oxygen atoms in total. The lowest BCUT2D eigenvalue weighted by Gasteiger charge is -2.35. The lowest BCUT2D eigenvalue weighted by molar-refractivity contribution is -0.389. The highest BCUT2D eigenvalue weighted by Crippen LogP contribution is 2.37. The molecule has 0 spiro atoms. The number of unbranched alkanes of at least 4 members (excludes halogenated alkanes) is 1. The molecule has 1 aromatic heterocycles. The predicted octanol–water partition coefficient (Wildman–Crippen LogP) is 3.66. The van der Waals surface area contributed by atoms with Gasteiger partial charge in [0.2, 0.25) is 0 Å². The number of rotatable bonds is 7. The Morgan fingerprint density at radius 2 is 1.89 bits per heavy atom. The lowest BCUT2D eigenvalue weighted by atomic mass is 10.0. The molecule has 1 aromatic carbocycles. The molecule has 1 amide bonds. The second-order valence-corrected chi connectivity index (χ2v) is 7.19. The highest BCUT2D eigenvalue weighted by Gasteiger charge is 2.44. The van der Waals surface area contributed by atoms with E-state index in [1.165, 1.54) is 22.6 Å². The first-order chi connectivity index (χ1) is 13.3. The van der Waals surface area contributed by atoms with Gasteiger partial charge >= 0.3 is 5.82 Å². The third kappa shape index (κ3) is 4.21. The van der Waals surface area contributed by atoms with Gasteiger partial charge in [0.25, 0.3) is 11.7 Å². The van der Waals surface area contributed by atoms with E-state index < -0.39 is 10.5 Å². The van der Waals surface area contributed by atoms with Crippen molar-refractivity contribution >= 4 is 17.5 Å². The molecule has 1 aliphatic heterocycles. The number of amides is 1. The number of ether oxygens (including phenoxy) is 2. The number of anilines is 1. The van der Waals surface area contributed by atoms with Crippen LogP contribution < -0.4 is 14.4 Å². The van der Waals surface area contributed by atoms with Gasteiger partial charge in [0, 0.05) is 12.6 Å². The van der Waals surface area contributed by atoms with Crippen molar-refractivity contribution < 1.29 is 19.2 Å². The van der Waals surface area contributed by atoms with Gasteiger partial charge in [-0.3, -0.25) is 9.69 Å². The Kier molecular flexibility index (Phi) is 5.48. The second-order valence-electron chi connectivity index (χ2n) is 7.19. The van der Waals surface area contributed by atoms with E-state index >= 15 is 0 Å². The Bertz CT molecular complexity index is 880. The number of nitro groups is 1. The maximum atomic E-state index is 12.8. The normalized spacial score (nSPS) is 15.0. The van der Waals surface area contributed by atoms with Crippen molar-refractivity contribution in [2.24, 2.45) is 0 Å². The molecule has 148 valence electrons. The standard InChI is InChI=1S/C20H23N3O5/c1-14-6-8-15(9-7-14)27-13-5-4-12-22-18-16(28-20(2,3)19(22)24)10-11-17(21-18)23(25)26/h6-11H,4-5,12-13H2,1-3H3. The summed E-state index contributed by atoms with van der Waals surface area (Å²) in [7, 11) is 0. The minimum atomic E-state index is -1.05. The van der Waals surface area contributed by atoms with Gasteiger partial charge < -0.3 is 19.6 Å². The van der Waals surface area contributed by atoms with Crippen LogP contribution >= 0.6 is 0 Å². The minimum absolute atomic E-state index is 0.193. The Morgan fingerprint density at radius 3 is 2.57 bits per heavy atom. The molecule has 2 aromatic rings. The van der Waals surface area contributed by atoms with Crippen LogP contribution in [0.2, 0.25) is 0 Å². The molecule has 3 rings (SSSR count). The van der Waals surface area contributed by atoms with Gasteiger partial charge in [-0.2, -0.15) is 0 Å². The predicted molar refractivity (Wildman–Crippen MR) is 104 cm³/mol. The van der Waals surface area contributed by atoms with E-state index in [0.29, 0.717) is 25.3 Å². The maximum Gasteiger partial charge on any atom is 0.366 e. The number of fused-ring (bicyclic) bond motifs is 1. The molecule has 0 saturated heterocycles. The van der Waals surface area contributed by atoms with Crippen LogP contribution in [0.15, 0.2) is 36.4 Å². The number of carbonyl (C=O) groups excluding carboxylic acids is 1. The molecular weight excluding hydrogens is 362 g/mol. The maximum absolute atomic E-state index is 12.8. The summed E-state index contributed by atoms with van der Waals surface area (Å²) < 4.78 is 11.4. The van der Waals surface area contributed by atoms with Crippen LogP contribution in [0, 0.1) is 17.0 Å². The molecule has 0 bridgehead atoms. The van der Waals surface area contributed by atoms with Gasteiger partial charge in [0.15, 0.2) is 11.4 Å². The molecular formula is C20H23N3O5. The van der Waals surface area contributed by atoms with Crippen molar-refractivity contribution in [3.63, 3.8) is 0 Å². The summed E-state index contributed by atoms with van der Waals surface area (Å²) in [5, 5.41) is 11.0. The number of hydrogen-bond donors (Lipinski definition) is 0. The van der Waals surface area contributed by atoms with E-state index in [1.807, 2.05) is 31.2 Å². The van der Waals surface area contributed by atoms with Gasteiger partial charge in [-0.15, -0.1) is 0 Å². The van der Waals surface area contributed by atoms with Crippen molar-refractivity contribution in [1.82, 2.24) is 4.98 Å². The molecule has 0 aliphatic carbocycles. The van der Waals surface area contributed by atoms with Crippen molar-refractivity contribution in [1.29, 1.82) is 0 Å². The summed E-state index contributed by atoms with van der Waals surface area (Å²) in [4.78, 5) is 28.7. The first kappa shape index (κ1) is 19.6. The van der Waals surface area contributed by atoms with Crippen LogP contribution in [0.1, 0.15) is 32.3 Å². The number of nitrogens with zero attached hydrogens (tertiary/aromatic N) is 3. The quantitative estimate of drug-likeness (QED) is 0.410. The fraction of sp³-hybridized carbons (Fsp3) is 0.400. The van der Waals surface area contributed by atoms with Crippen LogP contribution in [-0.2, 0) is 4.79 Å². The Labute approximate surface area is 163 Å². The molecule has 0 unspecified atom stereocenters. The van der Waals surface area contributed by atoms with Crippen molar-refractivity contribution in [2.45, 2.75) is 39.2 Å². The SMILES string of the molecule is Cc1ccc(OCCCCN2C(=O)C(C)(C)Oc3ccc([N+](=O)[O-])nc32)cc1. The third-order valence-corrected chi connectivity index (χ3v) is 4.46. The van der Waals surface area contributed by atoms with Gasteiger partial charge in [-0.05, 0) is 61.7 Å². The number of pyridine rings is 1. The van der Waals surface area contributed by atoms with E-state index in [4.69, 9.17) is 9.47 Å². The van der Waals surface area contributed by atoms with Crippen LogP contribution in [0.25, 0.3) is 0 Å². The molecule has 28 heavy (non-hydrogen) atoms. The van der Waals surface area contributed by atoms with Crippen molar-refractivity contribution in [3.05, 3.63) is 52.1 Å². The number of carbonyl (C=O) groups is 1. The van der Waals surface area contributed by atoms with Gasteiger partial charge in [-0.1, -0.05) is 17.7 Å². The number of aromatic nitrogens is 1. The topological polar surface area (TPSA) is 94.8 Å². The molecule has 1 aliphatic rings. The summed E-state index contributed by atoms with van der Waals surface area (Å²) in [6.07, 6.45) is 1.39. The van der Waals surface area contributed by atoms with E-state index in [2.05, 4.69) is 4.98 Å². The highest BCUT2D eigenvalue weighted by atomic mass is 16.6. The Balaban J connectivity index is 1.65. The van der Waals surface area contributed by atoms with E-state index in [0.717, 1.165) is 12.2 Å². The average molecular weight is 385 g/mol. The number of hydrogen-bond acceptors (Lipinski definition) is 6. The summed E-state index contributed by atoms with van der Waals surface area (Å²) >= 11 is 0. The van der Waals surface area contributed by atoms with Gasteiger partial charge in [0.1, 0.15) is 5.75 Å². The molecule has 0 atom stereocenters. The zero-order valence-corrected chi connectivity index (χ0v) is 16.2. The largest absolute Gasteiger partial charge is 0.494 e. The van der Waals surface area contributed by atoms with Gasteiger partial charge in [-0.25, -0.2) is 0 Å². The third-order valence-electron chi connectivity index (χ3n) is 4.46. The average Bonchev–Trinajstić information content (AvgIpc) is 2.65. The molecule has 0 N–H and O–H groups in total. The summed E-state index contributed by atoms with van der Waals surface area (Å²) in [5.41, 5.74) is 0.115. The second kappa shape index (κ2) is 7.84. The summed E-state index contributed by atoms with van der Waals surface area (Å²) in [5.74, 6) is 0.774. The van der Waals surface area contributed by atoms with Crippen LogP contribution in [0.3, 0.4) is 0 Å². The molecule has 8 heteroatoms. The fourth-order valence-electron chi connectivity index (χ4n) is 2.94. The first-order valence-corrected chi connectivity index (χ1v) is 9.14. The fourth-order valence-corrected chi connectivity index (χ4v) is 2.94. The highest BCUT2D eigenvalue weighted by molar-refractivity contribution is 6.01. The lowest BCUT2D eigenvalue weighted by Crippen LogP contribution is -2.53. The molecule has 2 heterocycles.